The van der Waals surface area contributed by atoms with E-state index in [1.807, 2.05) is 38.1 Å². The van der Waals surface area contributed by atoms with E-state index in [0.717, 1.165) is 47.3 Å². The third-order valence-corrected chi connectivity index (χ3v) is 19.4. The van der Waals surface area contributed by atoms with Gasteiger partial charge >= 0.3 is 29.1 Å². The molecule has 4 aromatic heterocycles. The van der Waals surface area contributed by atoms with Crippen molar-refractivity contribution in [2.75, 3.05) is 70.0 Å². The fraction of sp³-hybridized carbons (Fsp3) is 0.475. The van der Waals surface area contributed by atoms with Gasteiger partial charge in [-0.15, -0.1) is 0 Å². The van der Waals surface area contributed by atoms with Gasteiger partial charge in [-0.05, 0) is 92.9 Å². The molecule has 7 atom stereocenters. The van der Waals surface area contributed by atoms with Crippen molar-refractivity contribution in [1.82, 2.24) is 25.2 Å². The number of anilines is 2. The molecule has 34 nitrogen and oxygen atoms in total. The van der Waals surface area contributed by atoms with Crippen LogP contribution in [0.1, 0.15) is 111 Å². The van der Waals surface area contributed by atoms with Crippen LogP contribution >= 0.6 is 23.5 Å². The standard InChI is InChI=1S/C59H73N14O20P3/c1-7-71-37(3)22-41(23-38(71)4)46-26-42-25-45-36(2)29-59(5,6)73(47(45)27-48(42)91-58(46)77)19-11-15-43(74)14-10-18-64-57(76)39-12-8-16-44(24-39)87-33-52(68-70-62)86-21-20-85-32-51(75)63-17-9-13-40-30-72(56-54(40)55(60)65-34-66-56)53-28-49(88-35-67-69-61)50(90-53)31-89-95(81,82)93-96(83,84)92-94(78,79)80/h8,12,16,22-27,30,34,36,49-50,52-53H,7,10-11,14-15,17-21,28-29,31-33,35H2,1-6H3,(H7-,60,63,64,65,66,75,76,78,79,80,81,82,83,84)/p+1/t36?,49-,50-,52?,53-/m1/s1. The number of carbonyl (C=O) groups is 3. The molecule has 6 aromatic rings. The van der Waals surface area contributed by atoms with Crippen LogP contribution in [-0.4, -0.2) is 135 Å². The number of carbonyl (C=O) groups excluding carboxylic acids is 3. The summed E-state index contributed by atoms with van der Waals surface area (Å²) < 4.78 is 85.7. The van der Waals surface area contributed by atoms with Gasteiger partial charge < -0.3 is 73.5 Å². The first kappa shape index (κ1) is 73.7. The average molecular weight is 1390 g/mol. The highest BCUT2D eigenvalue weighted by Gasteiger charge is 2.44. The number of ketones is 1. The third-order valence-electron chi connectivity index (χ3n) is 15.6. The number of phosphoric acid groups is 3. The second-order valence-electron chi connectivity index (χ2n) is 23.0. The zero-order valence-corrected chi connectivity index (χ0v) is 55.9. The molecule has 2 aliphatic rings. The van der Waals surface area contributed by atoms with Gasteiger partial charge in [0.15, 0.2) is 17.6 Å². The van der Waals surface area contributed by atoms with Crippen molar-refractivity contribution in [3.05, 3.63) is 127 Å². The summed E-state index contributed by atoms with van der Waals surface area (Å²) in [7, 11) is -17.0. The van der Waals surface area contributed by atoms with Gasteiger partial charge in [-0.1, -0.05) is 35.1 Å². The van der Waals surface area contributed by atoms with Crippen molar-refractivity contribution in [2.45, 2.75) is 123 Å². The van der Waals surface area contributed by atoms with Crippen molar-refractivity contribution in [3.63, 3.8) is 0 Å². The van der Waals surface area contributed by atoms with Crippen LogP contribution in [0.25, 0.3) is 54.0 Å². The molecule has 4 unspecified atom stereocenters. The average Bonchev–Trinajstić information content (AvgIpc) is 0.887. The summed E-state index contributed by atoms with van der Waals surface area (Å²) in [6.45, 7) is 12.0. The van der Waals surface area contributed by atoms with Crippen LogP contribution in [0, 0.1) is 25.7 Å². The van der Waals surface area contributed by atoms with Gasteiger partial charge in [0, 0.05) is 108 Å². The van der Waals surface area contributed by atoms with Crippen LogP contribution < -0.4 is 36.2 Å². The summed E-state index contributed by atoms with van der Waals surface area (Å²) >= 11 is 0. The molecular weight excluding hydrogens is 1320 g/mol. The van der Waals surface area contributed by atoms with Crippen LogP contribution in [0.2, 0.25) is 0 Å². The molecule has 2 aromatic carbocycles. The molecule has 0 aliphatic carbocycles. The van der Waals surface area contributed by atoms with Crippen molar-refractivity contribution in [3.8, 4) is 28.7 Å². The van der Waals surface area contributed by atoms with Crippen molar-refractivity contribution in [1.29, 1.82) is 0 Å². The number of hydrogen-bond donors (Lipinski definition) is 7. The lowest BCUT2D eigenvalue weighted by molar-refractivity contribution is -0.705. The van der Waals surface area contributed by atoms with Gasteiger partial charge in [0.05, 0.1) is 49.0 Å². The van der Waals surface area contributed by atoms with Gasteiger partial charge in [0.2, 0.25) is 5.91 Å². The zero-order chi connectivity index (χ0) is 69.5. The number of rotatable bonds is 33. The predicted molar refractivity (Wildman–Crippen MR) is 344 cm³/mol. The number of fused-ring (bicyclic) bond motifs is 3. The molecule has 0 spiro atoms. The fourth-order valence-corrected chi connectivity index (χ4v) is 14.5. The lowest BCUT2D eigenvalue weighted by Gasteiger charge is -2.47. The number of benzene rings is 2. The normalized spacial score (nSPS) is 18.2. The smallest absolute Gasteiger partial charge is 0.490 e. The van der Waals surface area contributed by atoms with E-state index in [0.29, 0.717) is 42.5 Å². The molecule has 514 valence electrons. The highest BCUT2D eigenvalue weighted by molar-refractivity contribution is 7.66. The van der Waals surface area contributed by atoms with Crippen LogP contribution in [0.4, 0.5) is 11.5 Å². The summed E-state index contributed by atoms with van der Waals surface area (Å²) in [5.74, 6) is 5.36. The van der Waals surface area contributed by atoms with E-state index >= 15 is 0 Å². The lowest BCUT2D eigenvalue weighted by atomic mass is 9.79. The minimum Gasteiger partial charge on any atom is -0.491 e. The first-order chi connectivity index (χ1) is 45.6. The van der Waals surface area contributed by atoms with E-state index < -0.39 is 79.6 Å². The second-order valence-corrected chi connectivity index (χ2v) is 27.4. The Morgan fingerprint density at radius 3 is 2.47 bits per heavy atom. The first-order valence-corrected chi connectivity index (χ1v) is 34.7. The number of ether oxygens (including phenoxy) is 5. The number of hydrogen-bond acceptors (Lipinski definition) is 22. The molecule has 8 N–H and O–H groups in total. The van der Waals surface area contributed by atoms with E-state index in [2.05, 4.69) is 104 Å². The number of nitrogens with two attached hydrogens (primary N) is 1. The zero-order valence-electron chi connectivity index (χ0n) is 53.2. The minimum absolute atomic E-state index is 0.00942. The number of aromatic nitrogens is 4. The number of nitrogens with one attached hydrogen (secondary N) is 2. The molecule has 2 aliphatic heterocycles. The molecule has 0 saturated carbocycles. The number of azide groups is 2. The van der Waals surface area contributed by atoms with Gasteiger partial charge in [-0.2, -0.15) is 8.62 Å². The Morgan fingerprint density at radius 1 is 0.979 bits per heavy atom. The van der Waals surface area contributed by atoms with Gasteiger partial charge in [0.25, 0.3) is 5.91 Å². The quantitative estimate of drug-likeness (QED) is 0.00301. The Kier molecular flexibility index (Phi) is 25.1. The Labute approximate surface area is 549 Å². The number of pyridine rings is 1. The van der Waals surface area contributed by atoms with E-state index in [4.69, 9.17) is 53.7 Å². The van der Waals surface area contributed by atoms with Crippen molar-refractivity contribution >= 4 is 74.6 Å². The molecule has 2 amide bonds. The SMILES string of the molecule is CC[n+]1c(C)cc(-c2cc3cc4c(cc3oc2=O)N(CCCC(=O)CCCNC(=O)c2cccc(OCC(N=[N+]=[N-])OCCOCC(=O)NCC#Cc3cn([C@H]5C[C@@H](OCN=[N+]=[N-])[C@@H](COP(=O)(O)OP(=O)(O)OP(=O)(O)O)O5)c5ncnc(N)c35)c2)C(C)(C)CC4C)cc1C. The van der Waals surface area contributed by atoms with Gasteiger partial charge in [0.1, 0.15) is 73.7 Å². The Bertz CT molecular complexity index is 4220. The highest BCUT2D eigenvalue weighted by atomic mass is 31.3. The Hall–Kier alpha value is -8.14. The van der Waals surface area contributed by atoms with E-state index in [-0.39, 0.29) is 97.1 Å². The largest absolute Gasteiger partial charge is 0.491 e. The fourth-order valence-electron chi connectivity index (χ4n) is 11.5. The number of Topliss-reactive ketones (excluding diaryl/α,β-unsaturated/α-hetero) is 1. The molecule has 0 bridgehead atoms. The maximum atomic E-state index is 13.5. The number of aryl methyl sites for hydroxylation is 2. The first-order valence-electron chi connectivity index (χ1n) is 30.2. The highest BCUT2D eigenvalue weighted by Crippen LogP contribution is 2.66. The topological polar surface area (TPSA) is 473 Å². The summed E-state index contributed by atoms with van der Waals surface area (Å²) in [4.78, 5) is 106. The summed E-state index contributed by atoms with van der Waals surface area (Å²) in [5, 5.41) is 13.5. The van der Waals surface area contributed by atoms with Gasteiger partial charge in [-0.3, -0.25) is 18.9 Å². The number of nitrogens with zero attached hydrogens (tertiary/aromatic N) is 11. The Morgan fingerprint density at radius 2 is 1.74 bits per heavy atom. The summed E-state index contributed by atoms with van der Waals surface area (Å²) in [6, 6.07) is 16.4. The number of phosphoric ester groups is 1. The maximum Gasteiger partial charge on any atom is 0.490 e. The van der Waals surface area contributed by atoms with Crippen LogP contribution in [0.3, 0.4) is 0 Å². The van der Waals surface area contributed by atoms with E-state index in [9.17, 15) is 48.2 Å². The Balaban J connectivity index is 0.740. The van der Waals surface area contributed by atoms with Crippen molar-refractivity contribution < 1.29 is 93.5 Å². The van der Waals surface area contributed by atoms with Crippen LogP contribution in [-0.2, 0) is 61.9 Å². The lowest BCUT2D eigenvalue weighted by Crippen LogP contribution is -2.48. The van der Waals surface area contributed by atoms with Gasteiger partial charge in [-0.25, -0.2) is 33.0 Å². The molecule has 6 heterocycles. The summed E-state index contributed by atoms with van der Waals surface area (Å²) in [5.41, 5.74) is 30.4. The van der Waals surface area contributed by atoms with Crippen LogP contribution in [0.5, 0.6) is 5.75 Å². The molecule has 96 heavy (non-hydrogen) atoms. The van der Waals surface area contributed by atoms with Crippen LogP contribution in [0.15, 0.2) is 86.6 Å². The molecule has 0 radical (unpaired) electrons. The number of nitrogen functional groups attached to an aromatic ring is 1. The molecule has 1 fully saturated rings. The molecule has 8 rings (SSSR count). The van der Waals surface area contributed by atoms with Crippen molar-refractivity contribution in [2.24, 2.45) is 10.2 Å². The number of amides is 2. The monoisotopic (exact) mass is 1390 g/mol. The molecule has 37 heteroatoms. The maximum absolute atomic E-state index is 13.5. The summed E-state index contributed by atoms with van der Waals surface area (Å²) in [6.07, 6.45) is 0.714. The van der Waals surface area contributed by atoms with E-state index in [1.165, 1.54) is 22.4 Å². The molecule has 1 saturated heterocycles. The predicted octanol–water partition coefficient (Wildman–Crippen LogP) is 7.86. The second kappa shape index (κ2) is 32.7. The minimum atomic E-state index is -5.82. The molecular formula is C59H74N14O20P3+. The third kappa shape index (κ3) is 20.0. The van der Waals surface area contributed by atoms with E-state index in [1.54, 1.807) is 18.2 Å².